The molecule has 1 N–H and O–H groups in total. The van der Waals surface area contributed by atoms with Gasteiger partial charge in [0.1, 0.15) is 6.29 Å². The predicted octanol–water partition coefficient (Wildman–Crippen LogP) is 5.14. The van der Waals surface area contributed by atoms with Crippen LogP contribution in [0.5, 0.6) is 0 Å². The van der Waals surface area contributed by atoms with Gasteiger partial charge in [-0.25, -0.2) is 0 Å². The van der Waals surface area contributed by atoms with Crippen LogP contribution in [-0.2, 0) is 4.79 Å². The molecule has 0 unspecified atom stereocenters. The summed E-state index contributed by atoms with van der Waals surface area (Å²) in [5.41, 5.74) is 2.22. The summed E-state index contributed by atoms with van der Waals surface area (Å²) in [4.78, 5) is 19.8. The number of rotatable bonds is 14. The maximum Gasteiger partial charge on any atom is 0.123 e. The summed E-state index contributed by atoms with van der Waals surface area (Å²) in [5, 5.41) is 8.80. The Balaban J connectivity index is 5.11. The highest BCUT2D eigenvalue weighted by Crippen LogP contribution is 2.15. The SMILES string of the molecule is C=C(C=NC(=C/CC)/C(=C\CC=O)N=CCCCCCO)/C=C\C=C/C. The molecule has 0 fully saturated rings. The third-order valence-electron chi connectivity index (χ3n) is 3.27. The summed E-state index contributed by atoms with van der Waals surface area (Å²) in [6, 6.07) is 0. The third-order valence-corrected chi connectivity index (χ3v) is 3.27. The minimum absolute atomic E-state index is 0.228. The first-order valence-corrected chi connectivity index (χ1v) is 9.19. The predicted molar refractivity (Wildman–Crippen MR) is 113 cm³/mol. The largest absolute Gasteiger partial charge is 0.396 e. The second kappa shape index (κ2) is 17.5. The van der Waals surface area contributed by atoms with Crippen molar-refractivity contribution in [3.05, 3.63) is 60.0 Å². The molecule has 0 aliphatic heterocycles. The van der Waals surface area contributed by atoms with E-state index in [-0.39, 0.29) is 6.61 Å². The maximum atomic E-state index is 10.7. The summed E-state index contributed by atoms with van der Waals surface area (Å²) in [6.07, 6.45) is 20.6. The molecule has 26 heavy (non-hydrogen) atoms. The molecular weight excluding hydrogens is 324 g/mol. The number of allylic oxidation sites excluding steroid dienone is 7. The van der Waals surface area contributed by atoms with E-state index < -0.39 is 0 Å². The molecule has 0 aromatic carbocycles. The van der Waals surface area contributed by atoms with Crippen molar-refractivity contribution in [2.45, 2.75) is 52.4 Å². The molecule has 0 spiro atoms. The fourth-order valence-electron chi connectivity index (χ4n) is 1.97. The van der Waals surface area contributed by atoms with E-state index in [1.54, 1.807) is 12.3 Å². The van der Waals surface area contributed by atoms with E-state index in [0.29, 0.717) is 12.1 Å². The van der Waals surface area contributed by atoms with E-state index >= 15 is 0 Å². The van der Waals surface area contributed by atoms with Gasteiger partial charge in [0.15, 0.2) is 0 Å². The number of aliphatic hydroxyl groups is 1. The van der Waals surface area contributed by atoms with Crippen molar-refractivity contribution >= 4 is 18.7 Å². The summed E-state index contributed by atoms with van der Waals surface area (Å²) in [5.74, 6) is 0. The zero-order valence-corrected chi connectivity index (χ0v) is 16.1. The number of aldehydes is 1. The Labute approximate surface area is 158 Å². The molecule has 0 saturated carbocycles. The number of carbonyl (C=O) groups excluding carboxylic acids is 1. The average Bonchev–Trinajstić information content (AvgIpc) is 2.64. The monoisotopic (exact) mass is 356 g/mol. The van der Waals surface area contributed by atoms with Gasteiger partial charge in [-0.1, -0.05) is 50.3 Å². The van der Waals surface area contributed by atoms with Crippen LogP contribution in [0, 0.1) is 0 Å². The lowest BCUT2D eigenvalue weighted by atomic mass is 10.2. The Bertz CT molecular complexity index is 579. The third kappa shape index (κ3) is 13.0. The molecule has 0 aromatic heterocycles. The van der Waals surface area contributed by atoms with Gasteiger partial charge < -0.3 is 9.90 Å². The summed E-state index contributed by atoms with van der Waals surface area (Å²) in [6.45, 7) is 8.17. The second-order valence-electron chi connectivity index (χ2n) is 5.59. The van der Waals surface area contributed by atoms with Crippen LogP contribution in [0.3, 0.4) is 0 Å². The molecule has 0 amide bonds. The number of nitrogens with zero attached hydrogens (tertiary/aromatic N) is 2. The molecule has 0 rings (SSSR count). The van der Waals surface area contributed by atoms with Crippen LogP contribution in [0.4, 0.5) is 0 Å². The van der Waals surface area contributed by atoms with Gasteiger partial charge in [0.05, 0.1) is 11.4 Å². The zero-order chi connectivity index (χ0) is 19.5. The molecule has 0 aliphatic carbocycles. The number of hydrogen-bond acceptors (Lipinski definition) is 4. The van der Waals surface area contributed by atoms with Crippen molar-refractivity contribution in [1.82, 2.24) is 0 Å². The van der Waals surface area contributed by atoms with Crippen LogP contribution in [-0.4, -0.2) is 30.4 Å². The maximum absolute atomic E-state index is 10.7. The van der Waals surface area contributed by atoms with Crippen LogP contribution >= 0.6 is 0 Å². The van der Waals surface area contributed by atoms with E-state index in [1.165, 1.54) is 0 Å². The quantitative estimate of drug-likeness (QED) is 0.203. The topological polar surface area (TPSA) is 62.0 Å². The van der Waals surface area contributed by atoms with Gasteiger partial charge in [0, 0.05) is 25.5 Å². The van der Waals surface area contributed by atoms with E-state index in [1.807, 2.05) is 50.4 Å². The molecule has 4 heteroatoms. The van der Waals surface area contributed by atoms with Gasteiger partial charge in [-0.15, -0.1) is 0 Å². The van der Waals surface area contributed by atoms with Crippen LogP contribution in [0.2, 0.25) is 0 Å². The Hall–Kier alpha value is -2.33. The Morgan fingerprint density at radius 2 is 1.85 bits per heavy atom. The number of aliphatic hydroxyl groups excluding tert-OH is 1. The molecular formula is C22H32N2O2. The summed E-state index contributed by atoms with van der Waals surface area (Å²) in [7, 11) is 0. The van der Waals surface area contributed by atoms with Gasteiger partial charge >= 0.3 is 0 Å². The first kappa shape index (κ1) is 23.7. The zero-order valence-electron chi connectivity index (χ0n) is 16.1. The van der Waals surface area contributed by atoms with Crippen molar-refractivity contribution < 1.29 is 9.90 Å². The van der Waals surface area contributed by atoms with E-state index in [0.717, 1.165) is 49.7 Å². The molecule has 0 radical (unpaired) electrons. The van der Waals surface area contributed by atoms with E-state index in [4.69, 9.17) is 5.11 Å². The molecule has 0 atom stereocenters. The van der Waals surface area contributed by atoms with Crippen LogP contribution in [0.1, 0.15) is 52.4 Å². The molecule has 0 heterocycles. The Morgan fingerprint density at radius 1 is 1.08 bits per heavy atom. The highest BCUT2D eigenvalue weighted by Gasteiger charge is 2.01. The first-order valence-electron chi connectivity index (χ1n) is 9.19. The van der Waals surface area contributed by atoms with Crippen molar-refractivity contribution in [1.29, 1.82) is 0 Å². The molecule has 0 saturated heterocycles. The molecule has 0 aliphatic rings. The lowest BCUT2D eigenvalue weighted by Crippen LogP contribution is -1.90. The van der Waals surface area contributed by atoms with Crippen LogP contribution < -0.4 is 0 Å². The van der Waals surface area contributed by atoms with Crippen LogP contribution in [0.25, 0.3) is 0 Å². The second-order valence-corrected chi connectivity index (χ2v) is 5.59. The van der Waals surface area contributed by atoms with Gasteiger partial charge in [0.2, 0.25) is 0 Å². The van der Waals surface area contributed by atoms with Gasteiger partial charge in [-0.05, 0) is 44.3 Å². The van der Waals surface area contributed by atoms with Gasteiger partial charge in [-0.2, -0.15) is 0 Å². The molecule has 0 bridgehead atoms. The number of unbranched alkanes of at least 4 members (excludes halogenated alkanes) is 3. The van der Waals surface area contributed by atoms with Crippen molar-refractivity contribution in [3.8, 4) is 0 Å². The standard InChI is InChI=1S/C22H32N2O2/c1-4-6-9-14-20(3)19-24-21(13-5-2)22(15-12-18-26)23-16-10-7-8-11-17-25/h4,6,9,13-16,18-19,25H,3,5,7-8,10-12,17H2,1-2H3/b6-4-,14-9-,21-13+,22-15+,23-16?,24-19?. The van der Waals surface area contributed by atoms with E-state index in [2.05, 4.69) is 16.6 Å². The van der Waals surface area contributed by atoms with Crippen molar-refractivity contribution in [2.75, 3.05) is 6.61 Å². The Kier molecular flexibility index (Phi) is 15.9. The number of hydrogen-bond donors (Lipinski definition) is 1. The molecule has 4 nitrogen and oxygen atoms in total. The minimum Gasteiger partial charge on any atom is -0.396 e. The summed E-state index contributed by atoms with van der Waals surface area (Å²) >= 11 is 0. The first-order chi connectivity index (χ1) is 12.7. The van der Waals surface area contributed by atoms with Crippen molar-refractivity contribution in [2.24, 2.45) is 9.98 Å². The number of aliphatic imine (C=N–C) groups is 2. The number of carbonyl (C=O) groups is 1. The highest BCUT2D eigenvalue weighted by molar-refractivity contribution is 5.82. The molecule has 0 aromatic rings. The fraction of sp³-hybridized carbons (Fsp3) is 0.409. The smallest absolute Gasteiger partial charge is 0.123 e. The lowest BCUT2D eigenvalue weighted by molar-refractivity contribution is -0.107. The van der Waals surface area contributed by atoms with Gasteiger partial charge in [-0.3, -0.25) is 9.98 Å². The lowest BCUT2D eigenvalue weighted by Gasteiger charge is -2.03. The average molecular weight is 357 g/mol. The van der Waals surface area contributed by atoms with Crippen LogP contribution in [0.15, 0.2) is 70.0 Å². The normalized spacial score (nSPS) is 13.7. The highest BCUT2D eigenvalue weighted by atomic mass is 16.2. The van der Waals surface area contributed by atoms with Gasteiger partial charge in [0.25, 0.3) is 0 Å². The Morgan fingerprint density at radius 3 is 2.50 bits per heavy atom. The van der Waals surface area contributed by atoms with Crippen molar-refractivity contribution in [3.63, 3.8) is 0 Å². The van der Waals surface area contributed by atoms with E-state index in [9.17, 15) is 4.79 Å². The molecule has 142 valence electrons. The minimum atomic E-state index is 0.228. The summed E-state index contributed by atoms with van der Waals surface area (Å²) < 4.78 is 0. The fourth-order valence-corrected chi connectivity index (χ4v) is 1.97.